The molecule has 19 heavy (non-hydrogen) atoms. The van der Waals surface area contributed by atoms with Crippen molar-refractivity contribution in [2.75, 3.05) is 6.54 Å². The minimum atomic E-state index is -0.348. The van der Waals surface area contributed by atoms with Gasteiger partial charge in [0.15, 0.2) is 0 Å². The van der Waals surface area contributed by atoms with E-state index in [1.807, 2.05) is 6.92 Å². The monoisotopic (exact) mass is 268 g/mol. The van der Waals surface area contributed by atoms with Gasteiger partial charge in [0.2, 0.25) is 5.91 Å². The smallest absolute Gasteiger partial charge is 0.249 e. The lowest BCUT2D eigenvalue weighted by molar-refractivity contribution is -0.137. The summed E-state index contributed by atoms with van der Waals surface area (Å²) in [4.78, 5) is 12.1. The van der Waals surface area contributed by atoms with E-state index in [1.54, 1.807) is 0 Å². The second kappa shape index (κ2) is 7.25. The van der Waals surface area contributed by atoms with Crippen molar-refractivity contribution < 1.29 is 9.53 Å². The fourth-order valence-corrected chi connectivity index (χ4v) is 3.34. The summed E-state index contributed by atoms with van der Waals surface area (Å²) in [5.74, 6) is 0.486. The number of hydrogen-bond donors (Lipinski definition) is 2. The first-order chi connectivity index (χ1) is 9.20. The van der Waals surface area contributed by atoms with Gasteiger partial charge in [-0.3, -0.25) is 4.79 Å². The summed E-state index contributed by atoms with van der Waals surface area (Å²) < 4.78 is 5.93. The van der Waals surface area contributed by atoms with Crippen LogP contribution in [-0.4, -0.2) is 30.7 Å². The molecule has 2 rings (SSSR count). The van der Waals surface area contributed by atoms with Gasteiger partial charge in [-0.1, -0.05) is 25.7 Å². The molecule has 3 atom stereocenters. The van der Waals surface area contributed by atoms with Crippen molar-refractivity contribution in [3.8, 4) is 0 Å². The average molecular weight is 268 g/mol. The highest BCUT2D eigenvalue weighted by atomic mass is 16.5. The van der Waals surface area contributed by atoms with Crippen LogP contribution in [0, 0.1) is 5.92 Å². The van der Waals surface area contributed by atoms with Crippen molar-refractivity contribution in [1.82, 2.24) is 5.32 Å². The molecule has 2 aliphatic carbocycles. The minimum Gasteiger partial charge on any atom is -0.365 e. The van der Waals surface area contributed by atoms with Crippen LogP contribution in [0.1, 0.15) is 58.3 Å². The van der Waals surface area contributed by atoms with Gasteiger partial charge in [-0.05, 0) is 45.1 Å². The van der Waals surface area contributed by atoms with Crippen LogP contribution in [0.2, 0.25) is 0 Å². The molecule has 2 saturated carbocycles. The van der Waals surface area contributed by atoms with Crippen LogP contribution in [0.3, 0.4) is 0 Å². The maximum absolute atomic E-state index is 12.1. The van der Waals surface area contributed by atoms with E-state index in [2.05, 4.69) is 5.32 Å². The van der Waals surface area contributed by atoms with E-state index in [1.165, 1.54) is 25.7 Å². The molecule has 0 aromatic carbocycles. The van der Waals surface area contributed by atoms with E-state index in [9.17, 15) is 4.79 Å². The number of amides is 1. The molecule has 2 aliphatic rings. The predicted molar refractivity (Wildman–Crippen MR) is 75.7 cm³/mol. The summed E-state index contributed by atoms with van der Waals surface area (Å²) in [6, 6.07) is 0.362. The van der Waals surface area contributed by atoms with Crippen molar-refractivity contribution >= 4 is 5.91 Å². The van der Waals surface area contributed by atoms with E-state index in [0.717, 1.165) is 25.7 Å². The van der Waals surface area contributed by atoms with Gasteiger partial charge < -0.3 is 15.8 Å². The lowest BCUT2D eigenvalue weighted by Gasteiger charge is -2.27. The number of carbonyl (C=O) groups excluding carboxylic acids is 1. The minimum absolute atomic E-state index is 0.0505. The summed E-state index contributed by atoms with van der Waals surface area (Å²) in [6.45, 7) is 2.53. The van der Waals surface area contributed by atoms with Crippen LogP contribution >= 0.6 is 0 Å². The third-order valence-corrected chi connectivity index (χ3v) is 4.59. The van der Waals surface area contributed by atoms with E-state index in [4.69, 9.17) is 10.5 Å². The molecule has 2 fully saturated rings. The first kappa shape index (κ1) is 14.8. The summed E-state index contributed by atoms with van der Waals surface area (Å²) in [7, 11) is 0. The third-order valence-electron chi connectivity index (χ3n) is 4.59. The quantitative estimate of drug-likeness (QED) is 0.801. The van der Waals surface area contributed by atoms with Crippen LogP contribution in [0.4, 0.5) is 0 Å². The molecular formula is C15H28N2O2. The zero-order valence-electron chi connectivity index (χ0n) is 12.1. The lowest BCUT2D eigenvalue weighted by Crippen LogP contribution is -2.44. The maximum atomic E-state index is 12.1. The highest BCUT2D eigenvalue weighted by molar-refractivity contribution is 5.80. The number of carbonyl (C=O) groups is 1. The molecule has 0 saturated heterocycles. The number of nitrogens with two attached hydrogens (primary N) is 1. The van der Waals surface area contributed by atoms with Crippen LogP contribution in [0.5, 0.6) is 0 Å². The molecule has 3 N–H and O–H groups in total. The van der Waals surface area contributed by atoms with Crippen molar-refractivity contribution in [2.45, 2.75) is 76.5 Å². The topological polar surface area (TPSA) is 64.3 Å². The predicted octanol–water partition coefficient (Wildman–Crippen LogP) is 1.97. The van der Waals surface area contributed by atoms with Gasteiger partial charge in [0.1, 0.15) is 6.10 Å². The number of rotatable bonds is 5. The molecule has 4 nitrogen and oxygen atoms in total. The Hall–Kier alpha value is -0.610. The van der Waals surface area contributed by atoms with Gasteiger partial charge in [-0.25, -0.2) is 0 Å². The number of nitrogens with one attached hydrogen (secondary N) is 1. The Labute approximate surface area is 116 Å². The van der Waals surface area contributed by atoms with Gasteiger partial charge in [0.25, 0.3) is 0 Å². The van der Waals surface area contributed by atoms with Crippen LogP contribution in [0.15, 0.2) is 0 Å². The number of hydrogen-bond acceptors (Lipinski definition) is 3. The van der Waals surface area contributed by atoms with Crippen molar-refractivity contribution in [1.29, 1.82) is 0 Å². The average Bonchev–Trinajstić information content (AvgIpc) is 2.87. The Morgan fingerprint density at radius 2 is 1.95 bits per heavy atom. The molecule has 0 aromatic rings. The Balaban J connectivity index is 1.75. The molecule has 3 unspecified atom stereocenters. The zero-order valence-corrected chi connectivity index (χ0v) is 12.1. The molecule has 0 radical (unpaired) electrons. The Morgan fingerprint density at radius 1 is 1.21 bits per heavy atom. The molecule has 0 spiro atoms. The highest BCUT2D eigenvalue weighted by Gasteiger charge is 2.30. The summed E-state index contributed by atoms with van der Waals surface area (Å²) in [5.41, 5.74) is 5.74. The number of ether oxygens (including phenoxy) is 1. The van der Waals surface area contributed by atoms with Crippen molar-refractivity contribution in [3.05, 3.63) is 0 Å². The summed E-state index contributed by atoms with van der Waals surface area (Å²) >= 11 is 0. The van der Waals surface area contributed by atoms with Crippen LogP contribution < -0.4 is 11.1 Å². The Kier molecular flexibility index (Phi) is 5.64. The largest absolute Gasteiger partial charge is 0.365 e. The molecule has 110 valence electrons. The molecular weight excluding hydrogens is 240 g/mol. The van der Waals surface area contributed by atoms with Gasteiger partial charge in [-0.2, -0.15) is 0 Å². The third kappa shape index (κ3) is 4.18. The van der Waals surface area contributed by atoms with E-state index in [-0.39, 0.29) is 18.1 Å². The second-order valence-corrected chi connectivity index (χ2v) is 6.09. The summed E-state index contributed by atoms with van der Waals surface area (Å²) in [5, 5.41) is 3.13. The Morgan fingerprint density at radius 3 is 2.63 bits per heavy atom. The van der Waals surface area contributed by atoms with Gasteiger partial charge in [0, 0.05) is 6.04 Å². The Bertz CT molecular complexity index is 290. The maximum Gasteiger partial charge on any atom is 0.249 e. The van der Waals surface area contributed by atoms with Gasteiger partial charge in [0.05, 0.1) is 6.10 Å². The van der Waals surface area contributed by atoms with Crippen LogP contribution in [0.25, 0.3) is 0 Å². The van der Waals surface area contributed by atoms with Gasteiger partial charge >= 0.3 is 0 Å². The van der Waals surface area contributed by atoms with E-state index in [0.29, 0.717) is 18.5 Å². The van der Waals surface area contributed by atoms with E-state index >= 15 is 0 Å². The second-order valence-electron chi connectivity index (χ2n) is 6.09. The molecule has 0 bridgehead atoms. The van der Waals surface area contributed by atoms with Crippen LogP contribution in [-0.2, 0) is 9.53 Å². The molecule has 0 aliphatic heterocycles. The first-order valence-corrected chi connectivity index (χ1v) is 7.86. The van der Waals surface area contributed by atoms with E-state index < -0.39 is 0 Å². The van der Waals surface area contributed by atoms with Gasteiger partial charge in [-0.15, -0.1) is 0 Å². The molecule has 0 aromatic heterocycles. The fourth-order valence-electron chi connectivity index (χ4n) is 3.34. The highest BCUT2D eigenvalue weighted by Crippen LogP contribution is 2.28. The molecule has 4 heteroatoms. The summed E-state index contributed by atoms with van der Waals surface area (Å²) in [6.07, 6.45) is 9.19. The standard InChI is InChI=1S/C15H28N2O2/c1-11(19-14-9-5-6-12(14)10-16)15(18)17-13-7-3-2-4-8-13/h11-14H,2-10,16H2,1H3,(H,17,18). The fraction of sp³-hybridized carbons (Fsp3) is 0.933. The lowest BCUT2D eigenvalue weighted by atomic mass is 9.95. The zero-order chi connectivity index (χ0) is 13.7. The molecule has 1 amide bonds. The van der Waals surface area contributed by atoms with Crippen molar-refractivity contribution in [3.63, 3.8) is 0 Å². The molecule has 0 heterocycles. The SMILES string of the molecule is CC(OC1CCCC1CN)C(=O)NC1CCCCC1. The normalized spacial score (nSPS) is 30.2. The van der Waals surface area contributed by atoms with Crippen molar-refractivity contribution in [2.24, 2.45) is 11.7 Å². The first-order valence-electron chi connectivity index (χ1n) is 7.86.